The van der Waals surface area contributed by atoms with Gasteiger partial charge in [-0.1, -0.05) is 0 Å². The molecule has 7 heteroatoms. The van der Waals surface area contributed by atoms with E-state index >= 15 is 0 Å². The first-order valence-corrected chi connectivity index (χ1v) is 8.35. The van der Waals surface area contributed by atoms with E-state index in [2.05, 4.69) is 4.98 Å². The molecule has 1 aromatic heterocycles. The molecule has 3 rings (SSSR count). The SMILES string of the molecule is COc1cc2c(cc1OC)CN(C(=O)COc1c[nH]c(C)cc1=O)CC2. The predicted molar refractivity (Wildman–Crippen MR) is 96.0 cm³/mol. The third kappa shape index (κ3) is 3.66. The smallest absolute Gasteiger partial charge is 0.260 e. The fraction of sp³-hybridized carbons (Fsp3) is 0.368. The van der Waals surface area contributed by atoms with Crippen molar-refractivity contribution in [2.24, 2.45) is 0 Å². The molecule has 138 valence electrons. The van der Waals surface area contributed by atoms with Crippen LogP contribution in [-0.4, -0.2) is 43.2 Å². The minimum atomic E-state index is -0.241. The van der Waals surface area contributed by atoms with Gasteiger partial charge in [0.2, 0.25) is 5.43 Å². The number of H-pyrrole nitrogens is 1. The predicted octanol–water partition coefficient (Wildman–Crippen LogP) is 1.66. The van der Waals surface area contributed by atoms with Crippen LogP contribution in [-0.2, 0) is 17.8 Å². The third-order valence-corrected chi connectivity index (χ3v) is 4.44. The fourth-order valence-electron chi connectivity index (χ4n) is 3.00. The largest absolute Gasteiger partial charge is 0.493 e. The number of amides is 1. The molecular weight excluding hydrogens is 336 g/mol. The second kappa shape index (κ2) is 7.51. The molecule has 0 aliphatic carbocycles. The van der Waals surface area contributed by atoms with Crippen LogP contribution in [0, 0.1) is 6.92 Å². The summed E-state index contributed by atoms with van der Waals surface area (Å²) >= 11 is 0. The Morgan fingerprint density at radius 3 is 2.46 bits per heavy atom. The molecule has 2 aromatic rings. The Labute approximate surface area is 151 Å². The Morgan fingerprint density at radius 2 is 1.81 bits per heavy atom. The average molecular weight is 358 g/mol. The summed E-state index contributed by atoms with van der Waals surface area (Å²) in [5, 5.41) is 0. The first kappa shape index (κ1) is 17.8. The fourth-order valence-corrected chi connectivity index (χ4v) is 3.00. The molecule has 0 saturated heterocycles. The van der Waals surface area contributed by atoms with Crippen molar-refractivity contribution in [3.05, 3.63) is 51.4 Å². The van der Waals surface area contributed by atoms with Crippen molar-refractivity contribution in [3.8, 4) is 17.2 Å². The molecule has 0 bridgehead atoms. The number of fused-ring (bicyclic) bond motifs is 1. The van der Waals surface area contributed by atoms with Crippen LogP contribution in [0.1, 0.15) is 16.8 Å². The number of carbonyl (C=O) groups is 1. The minimum absolute atomic E-state index is 0.146. The molecule has 0 saturated carbocycles. The number of pyridine rings is 1. The molecule has 1 aromatic carbocycles. The number of ether oxygens (including phenoxy) is 3. The number of benzene rings is 1. The van der Waals surface area contributed by atoms with Gasteiger partial charge in [0.25, 0.3) is 5.91 Å². The molecule has 1 amide bonds. The minimum Gasteiger partial charge on any atom is -0.493 e. The number of methoxy groups -OCH3 is 2. The molecule has 7 nitrogen and oxygen atoms in total. The molecule has 1 aliphatic heterocycles. The molecule has 0 fully saturated rings. The Bertz CT molecular complexity index is 875. The van der Waals surface area contributed by atoms with Gasteiger partial charge in [0, 0.05) is 31.0 Å². The number of hydrogen-bond acceptors (Lipinski definition) is 5. The van der Waals surface area contributed by atoms with Gasteiger partial charge in [0.15, 0.2) is 23.9 Å². The van der Waals surface area contributed by atoms with E-state index < -0.39 is 0 Å². The monoisotopic (exact) mass is 358 g/mol. The summed E-state index contributed by atoms with van der Waals surface area (Å²) in [6.45, 7) is 2.68. The maximum Gasteiger partial charge on any atom is 0.260 e. The second-order valence-electron chi connectivity index (χ2n) is 6.17. The lowest BCUT2D eigenvalue weighted by molar-refractivity contribution is -0.134. The van der Waals surface area contributed by atoms with Crippen LogP contribution >= 0.6 is 0 Å². The topological polar surface area (TPSA) is 80.9 Å². The van der Waals surface area contributed by atoms with Crippen LogP contribution in [0.25, 0.3) is 0 Å². The van der Waals surface area contributed by atoms with E-state index in [1.807, 2.05) is 12.1 Å². The number of aromatic amines is 1. The van der Waals surface area contributed by atoms with E-state index in [4.69, 9.17) is 14.2 Å². The van der Waals surface area contributed by atoms with Crippen LogP contribution < -0.4 is 19.6 Å². The first-order valence-electron chi connectivity index (χ1n) is 8.35. The zero-order chi connectivity index (χ0) is 18.7. The van der Waals surface area contributed by atoms with Crippen molar-refractivity contribution in [2.45, 2.75) is 19.9 Å². The maximum absolute atomic E-state index is 12.5. The van der Waals surface area contributed by atoms with E-state index in [0.717, 1.165) is 23.2 Å². The highest BCUT2D eigenvalue weighted by atomic mass is 16.5. The molecule has 1 aliphatic rings. The van der Waals surface area contributed by atoms with Gasteiger partial charge in [-0.15, -0.1) is 0 Å². The molecule has 0 atom stereocenters. The lowest BCUT2D eigenvalue weighted by Crippen LogP contribution is -2.39. The van der Waals surface area contributed by atoms with E-state index in [9.17, 15) is 9.59 Å². The van der Waals surface area contributed by atoms with Gasteiger partial charge in [0.1, 0.15) is 0 Å². The zero-order valence-electron chi connectivity index (χ0n) is 15.1. The van der Waals surface area contributed by atoms with Crippen molar-refractivity contribution < 1.29 is 19.0 Å². The number of nitrogens with zero attached hydrogens (tertiary/aromatic N) is 1. The summed E-state index contributed by atoms with van der Waals surface area (Å²) in [5.74, 6) is 1.31. The van der Waals surface area contributed by atoms with Crippen molar-refractivity contribution in [3.63, 3.8) is 0 Å². The van der Waals surface area contributed by atoms with Gasteiger partial charge >= 0.3 is 0 Å². The highest BCUT2D eigenvalue weighted by Gasteiger charge is 2.23. The Hall–Kier alpha value is -2.96. The Balaban J connectivity index is 1.68. The van der Waals surface area contributed by atoms with Crippen molar-refractivity contribution in [2.75, 3.05) is 27.4 Å². The van der Waals surface area contributed by atoms with E-state index in [1.54, 1.807) is 26.0 Å². The van der Waals surface area contributed by atoms with Crippen LogP contribution in [0.3, 0.4) is 0 Å². The van der Waals surface area contributed by atoms with Gasteiger partial charge in [-0.25, -0.2) is 0 Å². The second-order valence-corrected chi connectivity index (χ2v) is 6.17. The van der Waals surface area contributed by atoms with Crippen molar-refractivity contribution >= 4 is 5.91 Å². The lowest BCUT2D eigenvalue weighted by Gasteiger charge is -2.29. The van der Waals surface area contributed by atoms with Crippen LogP contribution in [0.2, 0.25) is 0 Å². The summed E-state index contributed by atoms with van der Waals surface area (Å²) in [4.78, 5) is 28.9. The molecule has 0 unspecified atom stereocenters. The number of aromatic nitrogens is 1. The molecule has 0 radical (unpaired) electrons. The molecule has 1 N–H and O–H groups in total. The molecular formula is C19H22N2O5. The van der Waals surface area contributed by atoms with Gasteiger partial charge in [0.05, 0.1) is 14.2 Å². The van der Waals surface area contributed by atoms with Gasteiger partial charge in [-0.3, -0.25) is 9.59 Å². The van der Waals surface area contributed by atoms with E-state index in [1.165, 1.54) is 12.3 Å². The van der Waals surface area contributed by atoms with Crippen LogP contribution in [0.4, 0.5) is 0 Å². The third-order valence-electron chi connectivity index (χ3n) is 4.44. The normalized spacial score (nSPS) is 13.1. The number of rotatable bonds is 5. The molecule has 26 heavy (non-hydrogen) atoms. The number of aryl methyl sites for hydroxylation is 1. The van der Waals surface area contributed by atoms with Crippen molar-refractivity contribution in [1.82, 2.24) is 9.88 Å². The Morgan fingerprint density at radius 1 is 1.12 bits per heavy atom. The first-order chi connectivity index (χ1) is 12.5. The highest BCUT2D eigenvalue weighted by Crippen LogP contribution is 2.33. The number of nitrogens with one attached hydrogen (secondary N) is 1. The Kier molecular flexibility index (Phi) is 5.16. The standard InChI is InChI=1S/C19H22N2O5/c1-12-6-15(22)18(9-20-12)26-11-19(23)21-5-4-13-7-16(24-2)17(25-3)8-14(13)10-21/h6-9H,4-5,10-11H2,1-3H3,(H,20,22). The highest BCUT2D eigenvalue weighted by molar-refractivity contribution is 5.78. The quantitative estimate of drug-likeness (QED) is 0.879. The average Bonchev–Trinajstić information content (AvgIpc) is 2.65. The van der Waals surface area contributed by atoms with Crippen LogP contribution in [0.5, 0.6) is 17.2 Å². The summed E-state index contributed by atoms with van der Waals surface area (Å²) in [6, 6.07) is 5.30. The van der Waals surface area contributed by atoms with Gasteiger partial charge < -0.3 is 24.1 Å². The summed E-state index contributed by atoms with van der Waals surface area (Å²) in [6.07, 6.45) is 2.21. The van der Waals surface area contributed by atoms with Gasteiger partial charge in [-0.05, 0) is 36.6 Å². The zero-order valence-corrected chi connectivity index (χ0v) is 15.1. The van der Waals surface area contributed by atoms with Crippen molar-refractivity contribution in [1.29, 1.82) is 0 Å². The maximum atomic E-state index is 12.5. The lowest BCUT2D eigenvalue weighted by atomic mass is 9.99. The van der Waals surface area contributed by atoms with Crippen LogP contribution in [0.15, 0.2) is 29.2 Å². The number of hydrogen-bond donors (Lipinski definition) is 1. The summed E-state index contributed by atoms with van der Waals surface area (Å²) in [7, 11) is 3.19. The summed E-state index contributed by atoms with van der Waals surface area (Å²) < 4.78 is 16.1. The van der Waals surface area contributed by atoms with E-state index in [-0.39, 0.29) is 23.7 Å². The number of carbonyl (C=O) groups excluding carboxylic acids is 1. The molecule has 0 spiro atoms. The summed E-state index contributed by atoms with van der Waals surface area (Å²) in [5.41, 5.74) is 2.67. The molecule has 2 heterocycles. The van der Waals surface area contributed by atoms with Gasteiger partial charge in [-0.2, -0.15) is 0 Å². The van der Waals surface area contributed by atoms with E-state index in [0.29, 0.717) is 24.6 Å².